The lowest BCUT2D eigenvalue weighted by Crippen LogP contribution is -2.23. The van der Waals surface area contributed by atoms with E-state index in [2.05, 4.69) is 15.5 Å². The van der Waals surface area contributed by atoms with Crippen molar-refractivity contribution < 1.29 is 33.8 Å². The molecule has 0 saturated carbocycles. The van der Waals surface area contributed by atoms with Gasteiger partial charge in [0.2, 0.25) is 5.13 Å². The van der Waals surface area contributed by atoms with E-state index >= 15 is 0 Å². The van der Waals surface area contributed by atoms with Crippen molar-refractivity contribution in [1.82, 2.24) is 4.98 Å². The number of anilines is 1. The molecule has 2 N–H and O–H groups in total. The smallest absolute Gasteiger partial charge is 0.344 e. The van der Waals surface area contributed by atoms with Crippen LogP contribution < -0.4 is 14.9 Å². The number of thiazole rings is 1. The van der Waals surface area contributed by atoms with E-state index in [4.69, 9.17) is 19.3 Å². The fourth-order valence-corrected chi connectivity index (χ4v) is 2.93. The number of hydrogen-bond acceptors (Lipinski definition) is 11. The maximum absolute atomic E-state index is 11.5. The molecule has 1 unspecified atom stereocenters. The van der Waals surface area contributed by atoms with Crippen LogP contribution in [0.3, 0.4) is 0 Å². The number of benzene rings is 1. The van der Waals surface area contributed by atoms with Crippen molar-refractivity contribution in [2.75, 3.05) is 19.1 Å². The normalized spacial score (nSPS) is 11.7. The van der Waals surface area contributed by atoms with Crippen molar-refractivity contribution in [2.45, 2.75) is 26.4 Å². The van der Waals surface area contributed by atoms with Crippen molar-refractivity contribution in [1.29, 1.82) is 0 Å². The molecule has 0 fully saturated rings. The molecule has 0 aliphatic rings. The van der Waals surface area contributed by atoms with Crippen LogP contribution in [0.1, 0.15) is 25.1 Å². The molecule has 0 amide bonds. The van der Waals surface area contributed by atoms with Gasteiger partial charge in [0.15, 0.2) is 17.6 Å². The predicted molar refractivity (Wildman–Crippen MR) is 111 cm³/mol. The van der Waals surface area contributed by atoms with E-state index in [1.54, 1.807) is 12.3 Å². The number of non-ortho nitro benzene ring substituents is 1. The Morgan fingerprint density at radius 3 is 2.81 bits per heavy atom. The Kier molecular flexibility index (Phi) is 8.25. The summed E-state index contributed by atoms with van der Waals surface area (Å²) in [7, 11) is 1.27. The largest absolute Gasteiger partial charge is 0.493 e. The van der Waals surface area contributed by atoms with Crippen LogP contribution in [0.2, 0.25) is 0 Å². The van der Waals surface area contributed by atoms with E-state index in [0.29, 0.717) is 10.8 Å². The zero-order chi connectivity index (χ0) is 23.0. The monoisotopic (exact) mass is 452 g/mol. The summed E-state index contributed by atoms with van der Waals surface area (Å²) in [6.45, 7) is 3.29. The lowest BCUT2D eigenvalue weighted by Gasteiger charge is -2.15. The van der Waals surface area contributed by atoms with Crippen molar-refractivity contribution >= 4 is 40.3 Å². The maximum Gasteiger partial charge on any atom is 0.344 e. The third-order valence-electron chi connectivity index (χ3n) is 3.69. The number of ether oxygens (including phenoxy) is 3. The molecule has 2 rings (SSSR count). The van der Waals surface area contributed by atoms with Crippen LogP contribution in [0.25, 0.3) is 0 Å². The fraction of sp³-hybridized carbons (Fsp3) is 0.333. The zero-order valence-corrected chi connectivity index (χ0v) is 17.7. The van der Waals surface area contributed by atoms with Gasteiger partial charge in [0.25, 0.3) is 5.69 Å². The molecule has 0 aliphatic carbocycles. The Morgan fingerprint density at radius 2 is 2.19 bits per heavy atom. The lowest BCUT2D eigenvalue weighted by molar-refractivity contribution is -0.385. The van der Waals surface area contributed by atoms with E-state index in [9.17, 15) is 19.7 Å². The minimum atomic E-state index is -1.24. The van der Waals surface area contributed by atoms with E-state index in [0.717, 1.165) is 6.07 Å². The van der Waals surface area contributed by atoms with Gasteiger partial charge in [-0.25, -0.2) is 9.78 Å². The first-order chi connectivity index (χ1) is 14.7. The topological polar surface area (TPSA) is 162 Å². The number of carboxylic acids is 1. The minimum Gasteiger partial charge on any atom is -0.493 e. The highest BCUT2D eigenvalue weighted by Gasteiger charge is 2.22. The number of nitro groups is 1. The molecule has 0 radical (unpaired) electrons. The lowest BCUT2D eigenvalue weighted by atomic mass is 10.1. The quantitative estimate of drug-likeness (QED) is 0.224. The number of carbonyl (C=O) groups excluding carboxylic acids is 1. The highest BCUT2D eigenvalue weighted by molar-refractivity contribution is 7.13. The van der Waals surface area contributed by atoms with E-state index < -0.39 is 23.0 Å². The highest BCUT2D eigenvalue weighted by Crippen LogP contribution is 2.35. The molecular weight excluding hydrogens is 432 g/mol. The first-order valence-corrected chi connectivity index (χ1v) is 9.78. The van der Waals surface area contributed by atoms with Gasteiger partial charge in [-0.05, 0) is 13.8 Å². The second-order valence-corrected chi connectivity index (χ2v) is 6.78. The Hall–Kier alpha value is -3.74. The fourth-order valence-electron chi connectivity index (χ4n) is 2.27. The Balaban J connectivity index is 2.25. The third-order valence-corrected chi connectivity index (χ3v) is 4.48. The van der Waals surface area contributed by atoms with Gasteiger partial charge in [-0.3, -0.25) is 20.3 Å². The van der Waals surface area contributed by atoms with Crippen LogP contribution in [0.4, 0.5) is 10.8 Å². The summed E-state index contributed by atoms with van der Waals surface area (Å²) in [4.78, 5) is 37.4. The number of aromatic nitrogens is 1. The van der Waals surface area contributed by atoms with Gasteiger partial charge >= 0.3 is 11.9 Å². The number of nitrogens with zero attached hydrogens (tertiary/aromatic N) is 3. The van der Waals surface area contributed by atoms with Crippen molar-refractivity contribution in [3.63, 3.8) is 0 Å². The minimum absolute atomic E-state index is 0.0167. The van der Waals surface area contributed by atoms with Crippen LogP contribution in [0, 0.1) is 10.1 Å². The number of hydrogen-bond donors (Lipinski definition) is 2. The van der Waals surface area contributed by atoms with Crippen molar-refractivity contribution in [2.24, 2.45) is 5.10 Å². The van der Waals surface area contributed by atoms with Gasteiger partial charge in [-0.15, -0.1) is 11.3 Å². The van der Waals surface area contributed by atoms with Crippen LogP contribution in [-0.4, -0.2) is 53.0 Å². The highest BCUT2D eigenvalue weighted by atomic mass is 32.1. The molecular formula is C18H20N4O8S. The Labute approximate surface area is 180 Å². The SMILES string of the molecule is CCOC(=O)Cc1csc(NN=Cc2cc([N+](=O)[O-])cc(OC)c2OC(C)C(=O)O)n1. The molecule has 0 aliphatic heterocycles. The summed E-state index contributed by atoms with van der Waals surface area (Å²) in [5.74, 6) is -1.66. The molecule has 31 heavy (non-hydrogen) atoms. The second-order valence-electron chi connectivity index (χ2n) is 5.92. The van der Waals surface area contributed by atoms with Gasteiger partial charge < -0.3 is 19.3 Å². The first kappa shape index (κ1) is 23.5. The predicted octanol–water partition coefficient (Wildman–Crippen LogP) is 2.46. The van der Waals surface area contributed by atoms with Crippen LogP contribution in [0.5, 0.6) is 11.5 Å². The second kappa shape index (κ2) is 10.9. The van der Waals surface area contributed by atoms with Gasteiger partial charge in [-0.2, -0.15) is 5.10 Å². The summed E-state index contributed by atoms with van der Waals surface area (Å²) < 4.78 is 15.4. The molecule has 1 heterocycles. The molecule has 2 aromatic rings. The summed E-state index contributed by atoms with van der Waals surface area (Å²) in [6.07, 6.45) is -0.00536. The van der Waals surface area contributed by atoms with Gasteiger partial charge in [0.1, 0.15) is 0 Å². The molecule has 1 aromatic heterocycles. The molecule has 0 spiro atoms. The molecule has 12 nitrogen and oxygen atoms in total. The van der Waals surface area contributed by atoms with Gasteiger partial charge in [0.05, 0.1) is 43.0 Å². The van der Waals surface area contributed by atoms with Gasteiger partial charge in [0, 0.05) is 17.0 Å². The van der Waals surface area contributed by atoms with Crippen LogP contribution in [-0.2, 0) is 20.7 Å². The van der Waals surface area contributed by atoms with Crippen LogP contribution >= 0.6 is 11.3 Å². The summed E-state index contributed by atoms with van der Waals surface area (Å²) in [5, 5.41) is 26.3. The summed E-state index contributed by atoms with van der Waals surface area (Å²) in [6, 6.07) is 2.29. The number of hydrazone groups is 1. The number of carboxylic acid groups (broad SMARTS) is 1. The summed E-state index contributed by atoms with van der Waals surface area (Å²) >= 11 is 1.19. The number of aliphatic carboxylic acids is 1. The number of rotatable bonds is 11. The maximum atomic E-state index is 11.5. The molecule has 1 aromatic carbocycles. The van der Waals surface area contributed by atoms with E-state index in [1.165, 1.54) is 37.7 Å². The third kappa shape index (κ3) is 6.64. The van der Waals surface area contributed by atoms with E-state index in [-0.39, 0.29) is 35.8 Å². The number of methoxy groups -OCH3 is 1. The zero-order valence-electron chi connectivity index (χ0n) is 16.9. The van der Waals surface area contributed by atoms with Gasteiger partial charge in [-0.1, -0.05) is 0 Å². The van der Waals surface area contributed by atoms with Crippen molar-refractivity contribution in [3.05, 3.63) is 38.9 Å². The Bertz CT molecular complexity index is 991. The molecule has 13 heteroatoms. The molecule has 0 bridgehead atoms. The van der Waals surface area contributed by atoms with E-state index in [1.807, 2.05) is 0 Å². The van der Waals surface area contributed by atoms with Crippen molar-refractivity contribution in [3.8, 4) is 11.5 Å². The number of nitrogens with one attached hydrogen (secondary N) is 1. The number of nitro benzene ring substituents is 1. The molecule has 1 atom stereocenters. The average Bonchev–Trinajstić information content (AvgIpc) is 3.15. The number of carbonyl (C=O) groups is 2. The first-order valence-electron chi connectivity index (χ1n) is 8.90. The number of esters is 1. The standard InChI is InChI=1S/C18H20N4O8S/c1-4-29-15(23)6-12-9-31-18(20-12)21-19-8-11-5-13(22(26)27)7-14(28-3)16(11)30-10(2)17(24)25/h5,7-10H,4,6H2,1-3H3,(H,20,21)(H,24,25). The molecule has 0 saturated heterocycles. The Morgan fingerprint density at radius 1 is 1.45 bits per heavy atom. The van der Waals surface area contributed by atoms with Crippen LogP contribution in [0.15, 0.2) is 22.6 Å². The molecule has 166 valence electrons. The summed E-state index contributed by atoms with van der Waals surface area (Å²) in [5.41, 5.74) is 2.98. The average molecular weight is 452 g/mol.